The van der Waals surface area contributed by atoms with Crippen LogP contribution in [0.15, 0.2) is 0 Å². The molecular weight excluding hydrogens is 611 g/mol. The van der Waals surface area contributed by atoms with Gasteiger partial charge in [-0.2, -0.15) is 0 Å². The second-order valence-electron chi connectivity index (χ2n) is 13.8. The van der Waals surface area contributed by atoms with E-state index in [4.69, 9.17) is 27.4 Å². The van der Waals surface area contributed by atoms with Crippen molar-refractivity contribution < 1.29 is 32.1 Å². The van der Waals surface area contributed by atoms with Crippen LogP contribution in [-0.4, -0.2) is 123 Å². The molecule has 5 heterocycles. The van der Waals surface area contributed by atoms with E-state index in [0.717, 1.165) is 29.6 Å². The first-order valence-electron chi connectivity index (χ1n) is 17.6. The predicted molar refractivity (Wildman–Crippen MR) is 184 cm³/mol. The molecule has 5 rings (SSSR count). The fraction of sp³-hybridized carbons (Fsp3) is 1.00. The van der Waals surface area contributed by atoms with Gasteiger partial charge in [-0.15, -0.1) is 0 Å². The molecule has 0 N–H and O–H groups in total. The zero-order chi connectivity index (χ0) is 35.2. The van der Waals surface area contributed by atoms with Crippen molar-refractivity contribution in [2.24, 2.45) is 29.6 Å². The Morgan fingerprint density at radius 2 is 0.739 bits per heavy atom. The first kappa shape index (κ1) is 52.1. The first-order valence-corrected chi connectivity index (χ1v) is 17.6. The van der Waals surface area contributed by atoms with Crippen LogP contribution in [0, 0.1) is 29.6 Å². The molecule has 0 aromatic heterocycles. The third-order valence-electron chi connectivity index (χ3n) is 9.30. The lowest BCUT2D eigenvalue weighted by Crippen LogP contribution is -2.44. The second-order valence-corrected chi connectivity index (χ2v) is 13.8. The molecule has 2 unspecified atom stereocenters. The maximum absolute atomic E-state index is 8.00. The number of nitrogens with zero attached hydrogens (tertiary/aromatic N) is 5. The molecule has 12 heteroatoms. The predicted octanol–water partition coefficient (Wildman–Crippen LogP) is 9.02. The second kappa shape index (κ2) is 35.6. The van der Waals surface area contributed by atoms with Crippen molar-refractivity contribution in [2.75, 3.05) is 98.7 Å². The molecule has 46 heavy (non-hydrogen) atoms. The third kappa shape index (κ3) is 28.3. The fourth-order valence-corrected chi connectivity index (χ4v) is 6.36. The van der Waals surface area contributed by atoms with Gasteiger partial charge >= 0.3 is 0 Å². The van der Waals surface area contributed by atoms with Gasteiger partial charge in [0.25, 0.3) is 0 Å². The van der Waals surface area contributed by atoms with E-state index in [0.29, 0.717) is 0 Å². The van der Waals surface area contributed by atoms with Crippen LogP contribution in [0.3, 0.4) is 0 Å². The van der Waals surface area contributed by atoms with Gasteiger partial charge in [-0.05, 0) is 121 Å². The highest BCUT2D eigenvalue weighted by atomic mass is 20.0. The number of hydrogen-bond acceptors (Lipinski definition) is 5. The Bertz CT molecular complexity index is 574. The van der Waals surface area contributed by atoms with Crippen molar-refractivity contribution in [1.82, 2.24) is 24.5 Å². The zero-order valence-electron chi connectivity index (χ0n) is 31.2. The smallest absolute Gasteiger partial charge is 0.00192 e. The van der Waals surface area contributed by atoms with Gasteiger partial charge in [0.15, 0.2) is 0 Å². The molecule has 5 saturated heterocycles. The van der Waals surface area contributed by atoms with Crippen molar-refractivity contribution in [3.8, 4) is 0 Å². The average molecular weight is 686 g/mol. The highest BCUT2D eigenvalue weighted by Gasteiger charge is 2.19. The topological polar surface area (TPSA) is 16.2 Å². The van der Waals surface area contributed by atoms with E-state index < -0.39 is 0 Å². The quantitative estimate of drug-likeness (QED) is 0.274. The normalized spacial score (nSPS) is 24.0. The number of likely N-dealkylation sites (tertiary alicyclic amines) is 5. The van der Waals surface area contributed by atoms with Crippen LogP contribution in [0.1, 0.15) is 94.4 Å². The highest BCUT2D eigenvalue weighted by Crippen LogP contribution is 2.16. The largest absolute Gasteiger partial charge is 0.306 e. The Morgan fingerprint density at radius 3 is 0.957 bits per heavy atom. The van der Waals surface area contributed by atoms with Crippen LogP contribution in [0.4, 0.5) is 32.1 Å². The molecule has 5 aliphatic rings. The Balaban J connectivity index is -0.000000230. The van der Waals surface area contributed by atoms with Gasteiger partial charge in [0.2, 0.25) is 0 Å². The molecule has 0 saturated carbocycles. The van der Waals surface area contributed by atoms with Crippen LogP contribution in [0.2, 0.25) is 0 Å². The van der Waals surface area contributed by atoms with Crippen LogP contribution >= 0.6 is 0 Å². The van der Waals surface area contributed by atoms with Crippen LogP contribution in [-0.2, 0) is 0 Å². The molecule has 0 spiro atoms. The van der Waals surface area contributed by atoms with Gasteiger partial charge in [-0.1, -0.05) is 62.3 Å². The number of piperidine rings is 2. The van der Waals surface area contributed by atoms with Crippen molar-refractivity contribution >= 4 is 0 Å². The molecule has 5 nitrogen and oxygen atoms in total. The highest BCUT2D eigenvalue weighted by molar-refractivity contribution is 4.74. The Kier molecular flexibility index (Phi) is 40.4. The number of halogens is 7. The molecule has 0 aliphatic carbocycles. The van der Waals surface area contributed by atoms with E-state index in [-0.39, 0.29) is 4.70 Å². The van der Waals surface area contributed by atoms with E-state index in [1.54, 1.807) is 0 Å². The molecule has 0 bridgehead atoms. The molecule has 0 amide bonds. The molecule has 0 aromatic carbocycles. The van der Waals surface area contributed by atoms with Gasteiger partial charge in [-0.3, -0.25) is 4.70 Å². The number of rotatable bonds is 4. The number of hydrogen-bond donors (Lipinski definition) is 0. The summed E-state index contributed by atoms with van der Waals surface area (Å²) in [5, 5.41) is 0. The summed E-state index contributed by atoms with van der Waals surface area (Å²) in [5.41, 5.74) is 0. The molecule has 0 aromatic rings. The maximum atomic E-state index is 8.00. The van der Waals surface area contributed by atoms with E-state index in [9.17, 15) is 0 Å². The summed E-state index contributed by atoms with van der Waals surface area (Å²) in [6.45, 7) is 38.8. The summed E-state index contributed by atoms with van der Waals surface area (Å²) in [5.74, 6) is 4.82. The van der Waals surface area contributed by atoms with Crippen LogP contribution in [0.5, 0.6) is 0 Å². The van der Waals surface area contributed by atoms with Crippen molar-refractivity contribution in [3.05, 3.63) is 0 Å². The van der Waals surface area contributed by atoms with Gasteiger partial charge in [0, 0.05) is 66.7 Å². The molecule has 284 valence electrons. The molecule has 0 radical (unpaired) electrons. The van der Waals surface area contributed by atoms with Gasteiger partial charge < -0.3 is 24.5 Å². The molecule has 5 aliphatic heterocycles. The van der Waals surface area contributed by atoms with E-state index in [1.165, 1.54) is 124 Å². The monoisotopic (exact) mass is 686 g/mol. The van der Waals surface area contributed by atoms with Gasteiger partial charge in [0.1, 0.15) is 0 Å². The van der Waals surface area contributed by atoms with Gasteiger partial charge in [-0.25, -0.2) is 0 Å². The lowest BCUT2D eigenvalue weighted by molar-refractivity contribution is 0.108. The summed E-state index contributed by atoms with van der Waals surface area (Å²) in [6, 6.07) is 0. The zero-order valence-corrected chi connectivity index (χ0v) is 31.2. The average Bonchev–Trinajstić information content (AvgIpc) is 3.48. The third-order valence-corrected chi connectivity index (χ3v) is 9.30. The minimum atomic E-state index is 0. The van der Waals surface area contributed by atoms with E-state index in [2.05, 4.69) is 93.9 Å². The summed E-state index contributed by atoms with van der Waals surface area (Å²) in [6.07, 6.45) is 7.08. The lowest BCUT2D eigenvalue weighted by atomic mass is 9.99. The minimum Gasteiger partial charge on any atom is -0.306 e. The first-order chi connectivity index (χ1) is 21.6. The molecule has 2 atom stereocenters. The Labute approximate surface area is 279 Å². The Morgan fingerprint density at radius 1 is 0.413 bits per heavy atom. The molecular formula is C34H74F7N5. The summed E-state index contributed by atoms with van der Waals surface area (Å²) in [4.78, 5) is 12.3. The fourth-order valence-electron chi connectivity index (χ4n) is 6.36. The van der Waals surface area contributed by atoms with E-state index in [1.807, 2.05) is 0 Å². The summed E-state index contributed by atoms with van der Waals surface area (Å²) in [7, 11) is 2.15. The van der Waals surface area contributed by atoms with Crippen molar-refractivity contribution in [2.45, 2.75) is 94.4 Å². The standard InChI is InChI=1S/2C8H17N.C7H15N.C6H13N.C5H11N.3F2.FH/c1-3-9-6-4-8(2)5-7-9;1-3-9-6-4-5-8(2)7-9;1-3-8-5-4-7(2)6-8;1-3-7-4-6(2)5-7;1-5-3-6(2)4-5;3*1-2;/h2*8H,3-7H2,1-2H3;7H,3-6H2,1-2H3;6H,3-5H2,1-2H3;5H,3-4H2,1-2H3;;;;1H. The summed E-state index contributed by atoms with van der Waals surface area (Å²) >= 11 is 0. The Hall–Kier alpha value is -0.690. The van der Waals surface area contributed by atoms with Crippen molar-refractivity contribution in [3.63, 3.8) is 0 Å². The van der Waals surface area contributed by atoms with Crippen LogP contribution < -0.4 is 0 Å². The lowest BCUT2D eigenvalue weighted by Gasteiger charge is -2.35. The summed E-state index contributed by atoms with van der Waals surface area (Å²) < 4.78 is 48.0. The SMILES string of the molecule is CC1CN(C)C1.CCN1CC(C)C1.CCN1CCC(C)C1.CCN1CCC(C)CC1.CCN1CCCC(C)C1.F.FF.FF.FF. The molecule has 5 fully saturated rings. The van der Waals surface area contributed by atoms with Crippen LogP contribution in [0.25, 0.3) is 0 Å². The van der Waals surface area contributed by atoms with E-state index >= 15 is 0 Å². The minimum absolute atomic E-state index is 0. The van der Waals surface area contributed by atoms with Crippen molar-refractivity contribution in [1.29, 1.82) is 0 Å². The van der Waals surface area contributed by atoms with Gasteiger partial charge in [0.05, 0.1) is 0 Å². The maximum Gasteiger partial charge on any atom is 0.00192 e.